The first-order chi connectivity index (χ1) is 10.1. The lowest BCUT2D eigenvalue weighted by Crippen LogP contribution is -2.20. The van der Waals surface area contributed by atoms with Crippen molar-refractivity contribution in [2.24, 2.45) is 0 Å². The molecule has 0 amide bonds. The molecule has 1 aromatic heterocycles. The molecule has 0 saturated carbocycles. The standard InChI is InChI=1S/C16H14O5/c1-4-8-5-11-14(17)10-6-9(19-2)7-12(20-3)13(10)15(18)16(11)21-8/h5-7H,4H2,1-3H3. The molecule has 0 spiro atoms. The van der Waals surface area contributed by atoms with Gasteiger partial charge in [0.05, 0.1) is 25.3 Å². The minimum Gasteiger partial charge on any atom is -0.497 e. The van der Waals surface area contributed by atoms with E-state index in [0.29, 0.717) is 29.2 Å². The van der Waals surface area contributed by atoms with Gasteiger partial charge in [0.25, 0.3) is 0 Å². The lowest BCUT2D eigenvalue weighted by molar-refractivity contribution is 0.0956. The number of ketones is 2. The Morgan fingerprint density at radius 3 is 2.38 bits per heavy atom. The maximum atomic E-state index is 12.6. The van der Waals surface area contributed by atoms with E-state index in [2.05, 4.69) is 0 Å². The van der Waals surface area contributed by atoms with Crippen molar-refractivity contribution < 1.29 is 23.5 Å². The first-order valence-electron chi connectivity index (χ1n) is 6.58. The van der Waals surface area contributed by atoms with Gasteiger partial charge in [-0.25, -0.2) is 0 Å². The van der Waals surface area contributed by atoms with Crippen molar-refractivity contribution >= 4 is 11.6 Å². The van der Waals surface area contributed by atoms with Gasteiger partial charge in [0.15, 0.2) is 11.5 Å². The van der Waals surface area contributed by atoms with Crippen molar-refractivity contribution in [1.82, 2.24) is 0 Å². The van der Waals surface area contributed by atoms with Crippen LogP contribution in [0.25, 0.3) is 0 Å². The van der Waals surface area contributed by atoms with Crippen LogP contribution in [0.2, 0.25) is 0 Å². The quantitative estimate of drug-likeness (QED) is 0.740. The first-order valence-corrected chi connectivity index (χ1v) is 6.58. The molecule has 0 bridgehead atoms. The number of hydrogen-bond donors (Lipinski definition) is 0. The Morgan fingerprint density at radius 2 is 1.76 bits per heavy atom. The minimum absolute atomic E-state index is 0.0906. The fourth-order valence-corrected chi connectivity index (χ4v) is 2.49. The van der Waals surface area contributed by atoms with Gasteiger partial charge in [0.1, 0.15) is 17.3 Å². The van der Waals surface area contributed by atoms with Gasteiger partial charge in [-0.3, -0.25) is 9.59 Å². The lowest BCUT2D eigenvalue weighted by Gasteiger charge is -2.17. The Hall–Kier alpha value is -2.56. The normalized spacial score (nSPS) is 12.9. The highest BCUT2D eigenvalue weighted by Crippen LogP contribution is 2.37. The summed E-state index contributed by atoms with van der Waals surface area (Å²) in [7, 11) is 2.94. The Kier molecular flexibility index (Phi) is 3.05. The lowest BCUT2D eigenvalue weighted by atomic mass is 9.87. The molecule has 3 rings (SSSR count). The Balaban J connectivity index is 2.28. The molecule has 0 N–H and O–H groups in total. The number of ether oxygens (including phenoxy) is 2. The van der Waals surface area contributed by atoms with Crippen LogP contribution < -0.4 is 9.47 Å². The van der Waals surface area contributed by atoms with Gasteiger partial charge in [-0.2, -0.15) is 0 Å². The number of carbonyl (C=O) groups is 2. The van der Waals surface area contributed by atoms with Gasteiger partial charge in [-0.15, -0.1) is 0 Å². The Bertz CT molecular complexity index is 754. The van der Waals surface area contributed by atoms with Crippen LogP contribution in [0.1, 0.15) is 44.7 Å². The molecule has 0 aliphatic heterocycles. The summed E-state index contributed by atoms with van der Waals surface area (Å²) in [6.45, 7) is 1.90. The van der Waals surface area contributed by atoms with Crippen LogP contribution in [0.5, 0.6) is 11.5 Å². The van der Waals surface area contributed by atoms with E-state index in [1.165, 1.54) is 14.2 Å². The molecule has 5 nitrogen and oxygen atoms in total. The van der Waals surface area contributed by atoms with Gasteiger partial charge >= 0.3 is 0 Å². The van der Waals surface area contributed by atoms with Crippen molar-refractivity contribution in [3.05, 3.63) is 46.4 Å². The fraction of sp³-hybridized carbons (Fsp3) is 0.250. The second kappa shape index (κ2) is 4.77. The largest absolute Gasteiger partial charge is 0.497 e. The van der Waals surface area contributed by atoms with E-state index in [-0.39, 0.29) is 28.5 Å². The number of fused-ring (bicyclic) bond motifs is 2. The van der Waals surface area contributed by atoms with Crippen molar-refractivity contribution in [2.75, 3.05) is 14.2 Å². The zero-order valence-corrected chi connectivity index (χ0v) is 12.0. The molecule has 1 aromatic carbocycles. The maximum Gasteiger partial charge on any atom is 0.233 e. The average Bonchev–Trinajstić information content (AvgIpc) is 2.96. The van der Waals surface area contributed by atoms with E-state index in [0.717, 1.165) is 0 Å². The smallest absolute Gasteiger partial charge is 0.233 e. The van der Waals surface area contributed by atoms with Crippen LogP contribution in [-0.2, 0) is 6.42 Å². The second-order valence-corrected chi connectivity index (χ2v) is 4.72. The highest BCUT2D eigenvalue weighted by molar-refractivity contribution is 6.28. The van der Waals surface area contributed by atoms with Crippen LogP contribution in [0.4, 0.5) is 0 Å². The summed E-state index contributed by atoms with van der Waals surface area (Å²) in [5.41, 5.74) is 0.819. The molecule has 0 radical (unpaired) electrons. The second-order valence-electron chi connectivity index (χ2n) is 4.72. The van der Waals surface area contributed by atoms with E-state index in [4.69, 9.17) is 13.9 Å². The summed E-state index contributed by atoms with van der Waals surface area (Å²) in [5, 5.41) is 0. The predicted octanol–water partition coefficient (Wildman–Crippen LogP) is 2.63. The van der Waals surface area contributed by atoms with E-state index >= 15 is 0 Å². The van der Waals surface area contributed by atoms with Crippen molar-refractivity contribution in [3.8, 4) is 11.5 Å². The number of rotatable bonds is 3. The van der Waals surface area contributed by atoms with Crippen molar-refractivity contribution in [3.63, 3.8) is 0 Å². The van der Waals surface area contributed by atoms with Gasteiger partial charge in [-0.1, -0.05) is 6.92 Å². The SMILES string of the molecule is CCc1cc2c(o1)C(=O)c1c(OC)cc(OC)cc1C2=O. The van der Waals surface area contributed by atoms with Gasteiger partial charge in [0.2, 0.25) is 5.78 Å². The molecule has 1 aliphatic carbocycles. The molecule has 21 heavy (non-hydrogen) atoms. The van der Waals surface area contributed by atoms with Gasteiger partial charge in [0, 0.05) is 18.1 Å². The predicted molar refractivity (Wildman–Crippen MR) is 74.5 cm³/mol. The molecular weight excluding hydrogens is 272 g/mol. The summed E-state index contributed by atoms with van der Waals surface area (Å²) in [4.78, 5) is 25.2. The highest BCUT2D eigenvalue weighted by atomic mass is 16.5. The van der Waals surface area contributed by atoms with E-state index in [1.807, 2.05) is 6.92 Å². The topological polar surface area (TPSA) is 65.7 Å². The summed E-state index contributed by atoms with van der Waals surface area (Å²) < 4.78 is 15.9. The summed E-state index contributed by atoms with van der Waals surface area (Å²) in [5.74, 6) is 0.893. The average molecular weight is 286 g/mol. The van der Waals surface area contributed by atoms with Crippen LogP contribution in [-0.4, -0.2) is 25.8 Å². The summed E-state index contributed by atoms with van der Waals surface area (Å²) >= 11 is 0. The third-order valence-electron chi connectivity index (χ3n) is 3.59. The monoisotopic (exact) mass is 286 g/mol. The van der Waals surface area contributed by atoms with Crippen LogP contribution in [0, 0.1) is 0 Å². The maximum absolute atomic E-state index is 12.6. The zero-order chi connectivity index (χ0) is 15.1. The molecule has 0 unspecified atom stereocenters. The number of hydrogen-bond acceptors (Lipinski definition) is 5. The number of carbonyl (C=O) groups excluding carboxylic acids is 2. The number of aryl methyl sites for hydroxylation is 1. The molecule has 0 atom stereocenters. The summed E-state index contributed by atoms with van der Waals surface area (Å²) in [6.07, 6.45) is 0.615. The number of methoxy groups -OCH3 is 2. The molecule has 2 aromatic rings. The van der Waals surface area contributed by atoms with E-state index in [9.17, 15) is 9.59 Å². The van der Waals surface area contributed by atoms with Crippen molar-refractivity contribution in [2.45, 2.75) is 13.3 Å². The third kappa shape index (κ3) is 1.85. The first kappa shape index (κ1) is 13.4. The minimum atomic E-state index is -0.334. The molecule has 0 saturated heterocycles. The fourth-order valence-electron chi connectivity index (χ4n) is 2.49. The van der Waals surface area contributed by atoms with Gasteiger partial charge in [-0.05, 0) is 12.1 Å². The van der Waals surface area contributed by atoms with E-state index in [1.54, 1.807) is 18.2 Å². The van der Waals surface area contributed by atoms with Crippen LogP contribution in [0.15, 0.2) is 22.6 Å². The Morgan fingerprint density at radius 1 is 1.00 bits per heavy atom. The van der Waals surface area contributed by atoms with E-state index < -0.39 is 0 Å². The van der Waals surface area contributed by atoms with Crippen LogP contribution >= 0.6 is 0 Å². The molecule has 5 heteroatoms. The number of benzene rings is 1. The van der Waals surface area contributed by atoms with Crippen molar-refractivity contribution in [1.29, 1.82) is 0 Å². The van der Waals surface area contributed by atoms with Gasteiger partial charge < -0.3 is 13.9 Å². The molecule has 108 valence electrons. The molecular formula is C16H14O5. The Labute approximate surface area is 121 Å². The number of furan rings is 1. The molecule has 1 aliphatic rings. The van der Waals surface area contributed by atoms with Crippen LogP contribution in [0.3, 0.4) is 0 Å². The summed E-state index contributed by atoms with van der Waals surface area (Å²) in [6, 6.07) is 4.77. The molecule has 1 heterocycles. The highest BCUT2D eigenvalue weighted by Gasteiger charge is 2.36. The zero-order valence-electron chi connectivity index (χ0n) is 12.0. The molecule has 0 fully saturated rings. The third-order valence-corrected chi connectivity index (χ3v) is 3.59.